The van der Waals surface area contributed by atoms with E-state index in [0.29, 0.717) is 13.0 Å². The summed E-state index contributed by atoms with van der Waals surface area (Å²) in [5, 5.41) is 30.7. The summed E-state index contributed by atoms with van der Waals surface area (Å²) in [5.41, 5.74) is 3.84. The first-order valence-corrected chi connectivity index (χ1v) is 9.82. The van der Waals surface area contributed by atoms with Gasteiger partial charge in [-0.2, -0.15) is 0 Å². The van der Waals surface area contributed by atoms with Crippen molar-refractivity contribution in [2.45, 2.75) is 45.3 Å². The number of aromatic nitrogens is 1. The van der Waals surface area contributed by atoms with Crippen LogP contribution < -0.4 is 4.74 Å². The van der Waals surface area contributed by atoms with Crippen molar-refractivity contribution in [1.29, 1.82) is 0 Å². The van der Waals surface area contributed by atoms with Crippen molar-refractivity contribution < 1.29 is 20.1 Å². The molecule has 1 aromatic heterocycles. The fourth-order valence-corrected chi connectivity index (χ4v) is 3.74. The number of unbranched alkanes of at least 4 members (excludes halogenated alkanes) is 1. The topological polar surface area (TPSA) is 74.9 Å². The molecule has 1 atom stereocenters. The van der Waals surface area contributed by atoms with Gasteiger partial charge in [0.1, 0.15) is 11.5 Å². The Morgan fingerprint density at radius 2 is 1.89 bits per heavy atom. The molecule has 3 aromatic rings. The zero-order valence-electron chi connectivity index (χ0n) is 16.6. The van der Waals surface area contributed by atoms with Gasteiger partial charge in [-0.3, -0.25) is 0 Å². The highest BCUT2D eigenvalue weighted by Crippen LogP contribution is 2.34. The molecule has 2 aromatic carbocycles. The maximum absolute atomic E-state index is 10.5. The number of phenolic OH excluding ortho intramolecular Hbond substituents is 1. The summed E-state index contributed by atoms with van der Waals surface area (Å²) in [6.45, 7) is 2.35. The van der Waals surface area contributed by atoms with E-state index < -0.39 is 6.10 Å². The van der Waals surface area contributed by atoms with Crippen LogP contribution in [0.3, 0.4) is 0 Å². The van der Waals surface area contributed by atoms with Gasteiger partial charge in [0.25, 0.3) is 0 Å². The zero-order valence-corrected chi connectivity index (χ0v) is 16.6. The van der Waals surface area contributed by atoms with Crippen LogP contribution in [0.1, 0.15) is 36.5 Å². The lowest BCUT2D eigenvalue weighted by atomic mass is 10.0. The molecule has 0 saturated heterocycles. The number of nitrogens with zero attached hydrogens (tertiary/aromatic N) is 1. The van der Waals surface area contributed by atoms with E-state index in [2.05, 4.69) is 11.5 Å². The summed E-state index contributed by atoms with van der Waals surface area (Å²) in [5.74, 6) is 0.954. The number of fused-ring (bicyclic) bond motifs is 1. The molecule has 0 amide bonds. The molecule has 5 heteroatoms. The number of hydrogen-bond donors (Lipinski definition) is 3. The molecule has 0 spiro atoms. The fraction of sp³-hybridized carbons (Fsp3) is 0.391. The zero-order chi connectivity index (χ0) is 20.1. The van der Waals surface area contributed by atoms with Crippen LogP contribution in [-0.4, -0.2) is 39.7 Å². The minimum atomic E-state index is -0.792. The number of aromatic hydroxyl groups is 1. The van der Waals surface area contributed by atoms with Crippen molar-refractivity contribution in [1.82, 2.24) is 4.57 Å². The van der Waals surface area contributed by atoms with E-state index in [1.807, 2.05) is 36.5 Å². The van der Waals surface area contributed by atoms with Crippen LogP contribution in [-0.2, 0) is 19.4 Å². The summed E-state index contributed by atoms with van der Waals surface area (Å²) in [7, 11) is 1.64. The number of para-hydroxylation sites is 1. The number of aryl methyl sites for hydroxylation is 1. The number of hydrogen-bond acceptors (Lipinski definition) is 4. The molecule has 0 unspecified atom stereocenters. The molecule has 0 aliphatic heterocycles. The minimum Gasteiger partial charge on any atom is -0.507 e. The van der Waals surface area contributed by atoms with Crippen molar-refractivity contribution in [3.05, 3.63) is 59.3 Å². The van der Waals surface area contributed by atoms with Crippen LogP contribution in [0.25, 0.3) is 10.9 Å². The summed E-state index contributed by atoms with van der Waals surface area (Å²) < 4.78 is 7.75. The Kier molecular flexibility index (Phi) is 6.60. The molecule has 0 saturated carbocycles. The lowest BCUT2D eigenvalue weighted by molar-refractivity contribution is 0.0957. The maximum Gasteiger partial charge on any atom is 0.130 e. The van der Waals surface area contributed by atoms with Crippen LogP contribution in [0.5, 0.6) is 11.5 Å². The third-order valence-electron chi connectivity index (χ3n) is 5.19. The van der Waals surface area contributed by atoms with E-state index in [9.17, 15) is 15.3 Å². The predicted octanol–water partition coefficient (Wildman–Crippen LogP) is 3.64. The van der Waals surface area contributed by atoms with Crippen LogP contribution in [0, 0.1) is 0 Å². The molecule has 0 bridgehead atoms. The summed E-state index contributed by atoms with van der Waals surface area (Å²) in [4.78, 5) is 0. The van der Waals surface area contributed by atoms with Crippen molar-refractivity contribution >= 4 is 10.9 Å². The van der Waals surface area contributed by atoms with Gasteiger partial charge in [-0.1, -0.05) is 37.6 Å². The van der Waals surface area contributed by atoms with E-state index >= 15 is 0 Å². The highest BCUT2D eigenvalue weighted by atomic mass is 16.5. The molecule has 150 valence electrons. The molecule has 5 nitrogen and oxygen atoms in total. The van der Waals surface area contributed by atoms with Crippen LogP contribution >= 0.6 is 0 Å². The second-order valence-corrected chi connectivity index (χ2v) is 7.20. The lowest BCUT2D eigenvalue weighted by Crippen LogP contribution is -2.14. The van der Waals surface area contributed by atoms with Crippen molar-refractivity contribution in [2.24, 2.45) is 0 Å². The largest absolute Gasteiger partial charge is 0.507 e. The first-order chi connectivity index (χ1) is 13.6. The van der Waals surface area contributed by atoms with Crippen LogP contribution in [0.15, 0.2) is 42.6 Å². The van der Waals surface area contributed by atoms with E-state index in [4.69, 9.17) is 4.74 Å². The Balaban J connectivity index is 2.03. The second-order valence-electron chi connectivity index (χ2n) is 7.20. The molecule has 28 heavy (non-hydrogen) atoms. The van der Waals surface area contributed by atoms with Gasteiger partial charge in [0, 0.05) is 23.5 Å². The molecule has 3 rings (SSSR count). The molecule has 0 radical (unpaired) electrons. The monoisotopic (exact) mass is 383 g/mol. The van der Waals surface area contributed by atoms with Crippen LogP contribution in [0.2, 0.25) is 0 Å². The van der Waals surface area contributed by atoms with E-state index in [-0.39, 0.29) is 12.4 Å². The Hall–Kier alpha value is -2.50. The van der Waals surface area contributed by atoms with Gasteiger partial charge in [-0.25, -0.2) is 0 Å². The average molecular weight is 383 g/mol. The Morgan fingerprint density at radius 1 is 1.11 bits per heavy atom. The number of phenols is 1. The molecule has 0 aliphatic carbocycles. The molecular weight excluding hydrogens is 354 g/mol. The minimum absolute atomic E-state index is 0.215. The molecule has 0 fully saturated rings. The summed E-state index contributed by atoms with van der Waals surface area (Å²) >= 11 is 0. The molecule has 0 aliphatic rings. The third-order valence-corrected chi connectivity index (χ3v) is 5.19. The van der Waals surface area contributed by atoms with Crippen LogP contribution in [0.4, 0.5) is 0 Å². The molecular formula is C23H29NO4. The number of ether oxygens (including phenoxy) is 1. The first kappa shape index (κ1) is 20.2. The SMILES string of the molecule is CCCCc1ccc(O)c(Cn2cc(C[C@H](O)CO)c3ccccc32)c1OC. The first-order valence-electron chi connectivity index (χ1n) is 9.82. The summed E-state index contributed by atoms with van der Waals surface area (Å²) in [6.07, 6.45) is 4.64. The quantitative estimate of drug-likeness (QED) is 0.527. The van der Waals surface area contributed by atoms with E-state index in [1.165, 1.54) is 0 Å². The van der Waals surface area contributed by atoms with Gasteiger partial charge in [0.2, 0.25) is 0 Å². The van der Waals surface area contributed by atoms with Crippen molar-refractivity contribution in [3.63, 3.8) is 0 Å². The normalized spacial score (nSPS) is 12.4. The van der Waals surface area contributed by atoms with Gasteiger partial charge in [0.15, 0.2) is 0 Å². The Bertz CT molecular complexity index is 932. The lowest BCUT2D eigenvalue weighted by Gasteiger charge is -2.16. The van der Waals surface area contributed by atoms with Crippen molar-refractivity contribution in [2.75, 3.05) is 13.7 Å². The smallest absolute Gasteiger partial charge is 0.130 e. The molecule has 1 heterocycles. The van der Waals surface area contributed by atoms with E-state index in [0.717, 1.165) is 52.6 Å². The third kappa shape index (κ3) is 4.16. The number of aliphatic hydroxyl groups excluding tert-OH is 2. The Morgan fingerprint density at radius 3 is 2.61 bits per heavy atom. The fourth-order valence-electron chi connectivity index (χ4n) is 3.74. The summed E-state index contributed by atoms with van der Waals surface area (Å²) in [6, 6.07) is 11.6. The molecule has 3 N–H and O–H groups in total. The van der Waals surface area contributed by atoms with Crippen molar-refractivity contribution in [3.8, 4) is 11.5 Å². The number of benzene rings is 2. The van der Waals surface area contributed by atoms with Gasteiger partial charge in [-0.15, -0.1) is 0 Å². The number of methoxy groups -OCH3 is 1. The number of rotatable bonds is 9. The Labute approximate surface area is 165 Å². The highest BCUT2D eigenvalue weighted by Gasteiger charge is 2.17. The maximum atomic E-state index is 10.5. The van der Waals surface area contributed by atoms with Gasteiger partial charge < -0.3 is 24.6 Å². The average Bonchev–Trinajstić information content (AvgIpc) is 3.05. The van der Waals surface area contributed by atoms with Gasteiger partial charge in [-0.05, 0) is 36.1 Å². The highest BCUT2D eigenvalue weighted by molar-refractivity contribution is 5.84. The van der Waals surface area contributed by atoms with Gasteiger partial charge >= 0.3 is 0 Å². The number of aliphatic hydroxyl groups is 2. The standard InChI is InChI=1S/C23H29NO4/c1-3-4-7-16-10-11-22(27)20(23(16)28-2)14-24-13-17(12-18(26)15-25)19-8-5-6-9-21(19)24/h5-6,8-11,13,18,25-27H,3-4,7,12,14-15H2,1-2H3/t18-/m0/s1. The van der Waals surface area contributed by atoms with E-state index in [1.54, 1.807) is 13.2 Å². The second kappa shape index (κ2) is 9.13. The predicted molar refractivity (Wildman–Crippen MR) is 111 cm³/mol. The van der Waals surface area contributed by atoms with Gasteiger partial charge in [0.05, 0.1) is 31.9 Å².